The molecule has 0 fully saturated rings. The van der Waals surface area contributed by atoms with Crippen LogP contribution in [0.25, 0.3) is 0 Å². The smallest absolute Gasteiger partial charge is 1.00 e. The zero-order valence-corrected chi connectivity index (χ0v) is 14.5. The van der Waals surface area contributed by atoms with Crippen LogP contribution in [0.4, 0.5) is 0 Å². The Balaban J connectivity index is -0.000000151. The summed E-state index contributed by atoms with van der Waals surface area (Å²) in [6.07, 6.45) is -0.120. The Kier molecular flexibility index (Phi) is 14.9. The molecule has 1 rings (SSSR count). The molecule has 0 amide bonds. The second-order valence-corrected chi connectivity index (χ2v) is 2.44. The third-order valence-electron chi connectivity index (χ3n) is 1.59. The van der Waals surface area contributed by atoms with Gasteiger partial charge in [0.05, 0.1) is 6.10 Å². The van der Waals surface area contributed by atoms with Gasteiger partial charge in [-0.3, -0.25) is 0 Å². The van der Waals surface area contributed by atoms with Gasteiger partial charge < -0.3 is 13.1 Å². The second-order valence-electron chi connectivity index (χ2n) is 2.44. The first-order valence-electron chi connectivity index (χ1n) is 3.68. The molecule has 1 aromatic rings. The topological polar surface area (TPSA) is 40.5 Å². The molecule has 1 atom stereocenters. The summed E-state index contributed by atoms with van der Waals surface area (Å²) in [7, 11) is 0. The molecule has 0 bridgehead atoms. The summed E-state index contributed by atoms with van der Waals surface area (Å²) in [6.45, 7) is 0.0239. The second kappa shape index (κ2) is 10.9. The molecule has 4 heteroatoms. The van der Waals surface area contributed by atoms with Crippen molar-refractivity contribution in [3.8, 4) is 0 Å². The third kappa shape index (κ3) is 7.32. The molecule has 0 aliphatic carbocycles. The van der Waals surface area contributed by atoms with Crippen molar-refractivity contribution in [2.45, 2.75) is 12.5 Å². The number of aliphatic hydroxyl groups is 2. The van der Waals surface area contributed by atoms with Crippen molar-refractivity contribution in [2.24, 2.45) is 0 Å². The van der Waals surface area contributed by atoms with Gasteiger partial charge in [-0.1, -0.05) is 30.3 Å². The van der Waals surface area contributed by atoms with Crippen LogP contribution < -0.4 is 103 Å². The Morgan fingerprint density at radius 1 is 1.15 bits per heavy atom. The van der Waals surface area contributed by atoms with Crippen LogP contribution >= 0.6 is 0 Å². The minimum atomic E-state index is -0.527. The summed E-state index contributed by atoms with van der Waals surface area (Å²) in [6, 6.07) is 9.33. The van der Waals surface area contributed by atoms with Crippen molar-refractivity contribution >= 4 is 0 Å². The molecule has 0 aliphatic rings. The quantitative estimate of drug-likeness (QED) is 0.515. The van der Waals surface area contributed by atoms with E-state index in [1.807, 2.05) is 30.3 Å². The Morgan fingerprint density at radius 3 is 2.15 bits per heavy atom. The molecule has 64 valence electrons. The van der Waals surface area contributed by atoms with E-state index in [0.717, 1.165) is 5.56 Å². The Labute approximate surface area is 167 Å². The molecule has 0 saturated carbocycles. The molecule has 1 aromatic carbocycles. The Morgan fingerprint density at radius 2 is 1.69 bits per heavy atom. The van der Waals surface area contributed by atoms with Gasteiger partial charge in [-0.15, -0.1) is 0 Å². The van der Waals surface area contributed by atoms with Crippen molar-refractivity contribution in [1.82, 2.24) is 0 Å². The van der Waals surface area contributed by atoms with Gasteiger partial charge in [0.25, 0.3) is 0 Å². The van der Waals surface area contributed by atoms with Gasteiger partial charge in [-0.2, -0.15) is 0 Å². The van der Waals surface area contributed by atoms with E-state index in [-0.39, 0.29) is 112 Å². The molecule has 0 saturated heterocycles. The Bertz CT molecular complexity index is 213. The van der Waals surface area contributed by atoms with E-state index in [0.29, 0.717) is 6.42 Å². The van der Waals surface area contributed by atoms with Crippen LogP contribution in [0.15, 0.2) is 30.3 Å². The predicted octanol–water partition coefficient (Wildman–Crippen LogP) is -4.66. The molecule has 13 heavy (non-hydrogen) atoms. The van der Waals surface area contributed by atoms with Gasteiger partial charge >= 0.3 is 103 Å². The number of aliphatic hydroxyl groups excluding tert-OH is 2. The van der Waals surface area contributed by atoms with E-state index < -0.39 is 6.10 Å². The van der Waals surface area contributed by atoms with Crippen LogP contribution in [-0.4, -0.2) is 16.8 Å². The van der Waals surface area contributed by atoms with E-state index in [4.69, 9.17) is 5.11 Å². The van der Waals surface area contributed by atoms with Gasteiger partial charge in [-0.25, -0.2) is 0 Å². The molecule has 0 aromatic heterocycles. The molecule has 0 spiro atoms. The number of rotatable bonds is 3. The van der Waals surface area contributed by atoms with Crippen LogP contribution in [0.3, 0.4) is 0 Å². The zero-order valence-electron chi connectivity index (χ0n) is 10.3. The van der Waals surface area contributed by atoms with Crippen LogP contribution in [0.1, 0.15) is 20.9 Å². The van der Waals surface area contributed by atoms with Crippen molar-refractivity contribution in [3.63, 3.8) is 0 Å². The van der Waals surface area contributed by atoms with E-state index in [9.17, 15) is 5.11 Å². The molecule has 0 heterocycles. The number of benzene rings is 1. The van der Waals surface area contributed by atoms with Gasteiger partial charge in [-0.05, 0) is 5.56 Å². The van der Waals surface area contributed by atoms with E-state index >= 15 is 0 Å². The fraction of sp³-hybridized carbons (Fsp3) is 0.333. The van der Waals surface area contributed by atoms with Gasteiger partial charge in [0.15, 0.2) is 0 Å². The summed E-state index contributed by atoms with van der Waals surface area (Å²) >= 11 is 0. The minimum absolute atomic E-state index is 0. The molecule has 0 aliphatic heterocycles. The van der Waals surface area contributed by atoms with Crippen LogP contribution in [0, 0.1) is 0 Å². The van der Waals surface area contributed by atoms with E-state index in [1.54, 1.807) is 0 Å². The standard InChI is InChI=1S/C9H12O2.2K.2H/c10-7-6-9(11)8-4-2-1-3-5-8;;;;/h1-5,9-11H,6-7H2;;;;/q;2*+1;2*-1. The fourth-order valence-electron chi connectivity index (χ4n) is 0.964. The van der Waals surface area contributed by atoms with Crippen LogP contribution in [-0.2, 0) is 0 Å². The molecule has 2 N–H and O–H groups in total. The first-order valence-corrected chi connectivity index (χ1v) is 3.68. The number of hydrogen-bond donors (Lipinski definition) is 2. The predicted molar refractivity (Wildman–Crippen MR) is 45.3 cm³/mol. The maximum atomic E-state index is 9.36. The van der Waals surface area contributed by atoms with Crippen molar-refractivity contribution in [1.29, 1.82) is 0 Å². The van der Waals surface area contributed by atoms with Gasteiger partial charge in [0.1, 0.15) is 0 Å². The monoisotopic (exact) mass is 232 g/mol. The maximum Gasteiger partial charge on any atom is 1.00 e. The van der Waals surface area contributed by atoms with Crippen LogP contribution in [0.5, 0.6) is 0 Å². The average Bonchev–Trinajstić information content (AvgIpc) is 2.07. The number of hydrogen-bond acceptors (Lipinski definition) is 2. The minimum Gasteiger partial charge on any atom is -1.00 e. The normalized spacial score (nSPS) is 10.9. The molecule has 0 radical (unpaired) electrons. The zero-order chi connectivity index (χ0) is 8.10. The summed E-state index contributed by atoms with van der Waals surface area (Å²) in [5.74, 6) is 0. The van der Waals surface area contributed by atoms with E-state index in [2.05, 4.69) is 0 Å². The summed E-state index contributed by atoms with van der Waals surface area (Å²) < 4.78 is 0. The maximum absolute atomic E-state index is 9.36. The average molecular weight is 232 g/mol. The fourth-order valence-corrected chi connectivity index (χ4v) is 0.964. The molecular weight excluding hydrogens is 218 g/mol. The molecule has 2 nitrogen and oxygen atoms in total. The largest absolute Gasteiger partial charge is 1.00 e. The van der Waals surface area contributed by atoms with Crippen molar-refractivity contribution < 1.29 is 116 Å². The SMILES string of the molecule is OCCC(O)c1ccccc1.[H-].[H-].[K+].[K+]. The molecule has 1 unspecified atom stereocenters. The molecular formula is C9H14K2O2. The van der Waals surface area contributed by atoms with Gasteiger partial charge in [0.2, 0.25) is 0 Å². The van der Waals surface area contributed by atoms with E-state index in [1.165, 1.54) is 0 Å². The summed E-state index contributed by atoms with van der Waals surface area (Å²) in [5.41, 5.74) is 0.863. The first-order chi connectivity index (χ1) is 5.34. The first kappa shape index (κ1) is 17.8. The summed E-state index contributed by atoms with van der Waals surface area (Å²) in [5, 5.41) is 17.9. The van der Waals surface area contributed by atoms with Crippen molar-refractivity contribution in [3.05, 3.63) is 35.9 Å². The van der Waals surface area contributed by atoms with Crippen LogP contribution in [0.2, 0.25) is 0 Å². The van der Waals surface area contributed by atoms with Gasteiger partial charge in [0, 0.05) is 13.0 Å². The summed E-state index contributed by atoms with van der Waals surface area (Å²) in [4.78, 5) is 0. The van der Waals surface area contributed by atoms with Crippen molar-refractivity contribution in [2.75, 3.05) is 6.61 Å². The third-order valence-corrected chi connectivity index (χ3v) is 1.59. The Hall–Kier alpha value is 2.41.